The van der Waals surface area contributed by atoms with Crippen LogP contribution >= 0.6 is 0 Å². The van der Waals surface area contributed by atoms with Gasteiger partial charge in [0.15, 0.2) is 0 Å². The van der Waals surface area contributed by atoms with Crippen LogP contribution < -0.4 is 24.8 Å². The quantitative estimate of drug-likeness (QED) is 0.434. The van der Waals surface area contributed by atoms with Crippen LogP contribution in [0.3, 0.4) is 0 Å². The molecule has 3 heteroatoms. The van der Waals surface area contributed by atoms with E-state index in [9.17, 15) is 0 Å². The first kappa shape index (κ1) is 34.6. The summed E-state index contributed by atoms with van der Waals surface area (Å²) in [5.74, 6) is 0.889. The second kappa shape index (κ2) is 10.6. The Balaban J connectivity index is 0.00000178. The second-order valence-electron chi connectivity index (χ2n) is 16.1. The molecule has 0 aliphatic heterocycles. The topological polar surface area (TPSA) is 0 Å². The molecule has 2 aromatic rings. The van der Waals surface area contributed by atoms with Crippen LogP contribution in [0.5, 0.6) is 0 Å². The van der Waals surface area contributed by atoms with Crippen molar-refractivity contribution < 1.29 is 51.0 Å². The second-order valence-corrected chi connectivity index (χ2v) is 16.1. The van der Waals surface area contributed by atoms with Gasteiger partial charge in [0.2, 0.25) is 0 Å². The average Bonchev–Trinajstić information content (AvgIpc) is 3.36. The third kappa shape index (κ3) is 5.60. The number of allylic oxidation sites excluding steroid dienone is 4. The van der Waals surface area contributed by atoms with Gasteiger partial charge in [0.05, 0.1) is 0 Å². The van der Waals surface area contributed by atoms with E-state index in [1.54, 1.807) is 16.7 Å². The molecule has 2 aromatic carbocycles. The zero-order valence-electron chi connectivity index (χ0n) is 26.2. The van der Waals surface area contributed by atoms with E-state index in [4.69, 9.17) is 0 Å². The summed E-state index contributed by atoms with van der Waals surface area (Å²) in [4.78, 5) is 0. The molecule has 210 valence electrons. The van der Waals surface area contributed by atoms with E-state index >= 15 is 0 Å². The van der Waals surface area contributed by atoms with Crippen molar-refractivity contribution in [3.05, 3.63) is 82.0 Å². The van der Waals surface area contributed by atoms with Crippen LogP contribution in [0.4, 0.5) is 0 Å². The Bertz CT molecular complexity index is 1240. The van der Waals surface area contributed by atoms with Crippen LogP contribution in [0.25, 0.3) is 11.1 Å². The molecule has 0 heterocycles. The number of hydrogen-bond acceptors (Lipinski definition) is 0. The predicted octanol–water partition coefficient (Wildman–Crippen LogP) is 4.36. The Morgan fingerprint density at radius 3 is 1.49 bits per heavy atom. The van der Waals surface area contributed by atoms with Crippen molar-refractivity contribution in [2.75, 3.05) is 0 Å². The first-order chi connectivity index (χ1) is 16.3. The average molecular weight is 643 g/mol. The molecule has 3 aliphatic carbocycles. The summed E-state index contributed by atoms with van der Waals surface area (Å²) in [6, 6.07) is 14.7. The normalized spacial score (nSPS) is 23.4. The third-order valence-electron chi connectivity index (χ3n) is 9.58. The van der Waals surface area contributed by atoms with Gasteiger partial charge in [-0.25, -0.2) is 0 Å². The van der Waals surface area contributed by atoms with E-state index in [0.29, 0.717) is 11.8 Å². The molecular weight excluding hydrogens is 595 g/mol. The first-order valence-corrected chi connectivity index (χ1v) is 14.1. The van der Waals surface area contributed by atoms with E-state index in [2.05, 4.69) is 132 Å². The van der Waals surface area contributed by atoms with Crippen molar-refractivity contribution in [1.29, 1.82) is 0 Å². The molecule has 0 aromatic heterocycles. The van der Waals surface area contributed by atoms with Crippen LogP contribution in [0.1, 0.15) is 118 Å². The van der Waals surface area contributed by atoms with Gasteiger partial charge in [0.1, 0.15) is 0 Å². The molecule has 2 unspecified atom stereocenters. The minimum atomic E-state index is 0. The van der Waals surface area contributed by atoms with Gasteiger partial charge in [-0.05, 0) is 72.4 Å². The van der Waals surface area contributed by atoms with Crippen LogP contribution in [-0.2, 0) is 37.0 Å². The van der Waals surface area contributed by atoms with Gasteiger partial charge in [0.25, 0.3) is 0 Å². The van der Waals surface area contributed by atoms with Crippen LogP contribution in [0, 0.1) is 22.2 Å². The summed E-state index contributed by atoms with van der Waals surface area (Å²) >= 11 is 0. The molecule has 1 saturated carbocycles. The van der Waals surface area contributed by atoms with Crippen molar-refractivity contribution in [3.63, 3.8) is 0 Å². The fourth-order valence-electron chi connectivity index (χ4n) is 7.55. The van der Waals surface area contributed by atoms with Gasteiger partial charge in [-0.2, -0.15) is 0 Å². The van der Waals surface area contributed by atoms with Crippen molar-refractivity contribution in [2.24, 2.45) is 22.2 Å². The van der Waals surface area contributed by atoms with Gasteiger partial charge in [-0.1, -0.05) is 137 Å². The van der Waals surface area contributed by atoms with E-state index < -0.39 is 0 Å². The molecule has 2 atom stereocenters. The molecule has 0 radical (unpaired) electrons. The van der Waals surface area contributed by atoms with E-state index in [-0.39, 0.29) is 78.1 Å². The Morgan fingerprint density at radius 1 is 0.667 bits per heavy atom. The molecule has 5 rings (SSSR count). The fourth-order valence-corrected chi connectivity index (χ4v) is 7.55. The van der Waals surface area contributed by atoms with Crippen molar-refractivity contribution in [1.82, 2.24) is 0 Å². The van der Waals surface area contributed by atoms with Gasteiger partial charge in [0, 0.05) is 11.8 Å². The SMILES string of the molecule is CC(C)(C)C1=CC2C(=C1)C(C)(C)CC2(C)C1c2cc(C(C)(C)C)ccc2-c2ccc(C(C)(C)C)cc21.[Cl-].[Cl-].[Zr+2]. The van der Waals surface area contributed by atoms with Gasteiger partial charge in [-0.3, -0.25) is 0 Å². The largest absolute Gasteiger partial charge is 2.00 e. The van der Waals surface area contributed by atoms with Gasteiger partial charge < -0.3 is 24.8 Å². The number of benzene rings is 2. The summed E-state index contributed by atoms with van der Waals surface area (Å²) in [6.45, 7) is 28.8. The summed E-state index contributed by atoms with van der Waals surface area (Å²) in [7, 11) is 0. The van der Waals surface area contributed by atoms with Gasteiger partial charge >= 0.3 is 26.2 Å². The van der Waals surface area contributed by atoms with E-state index in [0.717, 1.165) is 0 Å². The molecule has 0 nitrogen and oxygen atoms in total. The maximum absolute atomic E-state index is 2.66. The number of rotatable bonds is 1. The smallest absolute Gasteiger partial charge is 1.00 e. The number of halogens is 2. The maximum atomic E-state index is 2.66. The molecule has 0 spiro atoms. The Labute approximate surface area is 270 Å². The molecule has 39 heavy (non-hydrogen) atoms. The van der Waals surface area contributed by atoms with Crippen molar-refractivity contribution in [3.8, 4) is 11.1 Å². The third-order valence-corrected chi connectivity index (χ3v) is 9.58. The van der Waals surface area contributed by atoms with Gasteiger partial charge in [-0.15, -0.1) is 0 Å². The molecule has 3 aliphatic rings. The molecule has 0 amide bonds. The van der Waals surface area contributed by atoms with Crippen LogP contribution in [0.2, 0.25) is 0 Å². The molecular formula is C36H48Cl2Zr. The van der Waals surface area contributed by atoms with E-state index in [1.165, 1.54) is 34.2 Å². The zero-order chi connectivity index (χ0) is 26.6. The Kier molecular flexibility index (Phi) is 9.38. The van der Waals surface area contributed by atoms with Crippen molar-refractivity contribution >= 4 is 0 Å². The van der Waals surface area contributed by atoms with E-state index in [1.807, 2.05) is 0 Å². The summed E-state index contributed by atoms with van der Waals surface area (Å²) in [5, 5.41) is 0. The molecule has 0 saturated heterocycles. The predicted molar refractivity (Wildman–Crippen MR) is 157 cm³/mol. The summed E-state index contributed by atoms with van der Waals surface area (Å²) in [6.07, 6.45) is 6.44. The standard InChI is InChI=1S/C36H48.2ClH.Zr/c1-32(2,3)22-13-15-25-26-16-14-23(33(4,5)6)18-28(26)31(27(25)17-22)36(12)21-35(10,11)29-19-24(20-30(29)36)34(7,8)9;;;/h13-20,30-31H,21H2,1-12H3;2*1H;/q;;;+2/p-2. The summed E-state index contributed by atoms with van der Waals surface area (Å²) < 4.78 is 0. The summed E-state index contributed by atoms with van der Waals surface area (Å²) in [5.41, 5.74) is 12.9. The monoisotopic (exact) mass is 640 g/mol. The number of hydrogen-bond donors (Lipinski definition) is 0. The Morgan fingerprint density at radius 2 is 1.10 bits per heavy atom. The Hall–Kier alpha value is -0.617. The molecule has 0 bridgehead atoms. The minimum absolute atomic E-state index is 0. The van der Waals surface area contributed by atoms with Crippen LogP contribution in [0.15, 0.2) is 59.7 Å². The van der Waals surface area contributed by atoms with Crippen molar-refractivity contribution in [2.45, 2.75) is 106 Å². The zero-order valence-corrected chi connectivity index (χ0v) is 30.2. The van der Waals surface area contributed by atoms with Crippen LogP contribution in [-0.4, -0.2) is 0 Å². The molecule has 0 N–H and O–H groups in total. The number of fused-ring (bicyclic) bond motifs is 4. The first-order valence-electron chi connectivity index (χ1n) is 14.1. The maximum Gasteiger partial charge on any atom is 2.00 e. The fraction of sp³-hybridized carbons (Fsp3) is 0.556. The minimum Gasteiger partial charge on any atom is -1.00 e. The molecule has 1 fully saturated rings.